The molecule has 2 saturated carbocycles. The molecule has 0 nitrogen and oxygen atoms in total. The van der Waals surface area contributed by atoms with Crippen LogP contribution in [0.25, 0.3) is 0 Å². The second-order valence-electron chi connectivity index (χ2n) is 4.11. The van der Waals surface area contributed by atoms with Gasteiger partial charge in [0.05, 0.1) is 0 Å². The van der Waals surface area contributed by atoms with Crippen molar-refractivity contribution in [1.29, 1.82) is 0 Å². The molecule has 0 spiro atoms. The predicted octanol–water partition coefficient (Wildman–Crippen LogP) is 2.95. The van der Waals surface area contributed by atoms with Gasteiger partial charge in [-0.3, -0.25) is 0 Å². The van der Waals surface area contributed by atoms with Crippen LogP contribution in [0.5, 0.6) is 0 Å². The Morgan fingerprint density at radius 1 is 0.750 bits per heavy atom. The normalized spacial score (nSPS) is 18.0. The van der Waals surface area contributed by atoms with Gasteiger partial charge in [0.25, 0.3) is 0 Å². The number of allylic oxidation sites excluding steroid dienone is 1. The SMILES string of the molecule is C=C([Si]c1ccccc1)[C]1[CH][CH][CH][CH]1.[CH]1[CH][CH][CH][CH]1.[Fe]. The van der Waals surface area contributed by atoms with Crippen LogP contribution in [0.2, 0.25) is 0 Å². The van der Waals surface area contributed by atoms with Crippen molar-refractivity contribution in [2.45, 2.75) is 0 Å². The zero-order valence-electron chi connectivity index (χ0n) is 11.1. The molecule has 0 bridgehead atoms. The molecule has 1 aromatic rings. The van der Waals surface area contributed by atoms with E-state index in [1.807, 2.05) is 38.2 Å². The van der Waals surface area contributed by atoms with Gasteiger partial charge < -0.3 is 0 Å². The Morgan fingerprint density at radius 3 is 1.75 bits per heavy atom. The van der Waals surface area contributed by atoms with Crippen molar-refractivity contribution in [2.24, 2.45) is 0 Å². The van der Waals surface area contributed by atoms with Crippen molar-refractivity contribution in [3.8, 4) is 0 Å². The van der Waals surface area contributed by atoms with E-state index < -0.39 is 0 Å². The van der Waals surface area contributed by atoms with Crippen LogP contribution in [0.4, 0.5) is 0 Å². The molecule has 2 fully saturated rings. The largest absolute Gasteiger partial charge is 0.115 e. The molecule has 0 atom stereocenters. The Morgan fingerprint density at radius 2 is 1.25 bits per heavy atom. The smallest absolute Gasteiger partial charge is 0.103 e. The summed E-state index contributed by atoms with van der Waals surface area (Å²) in [5, 5.41) is 2.56. The Balaban J connectivity index is 0.000000283. The first-order valence-electron chi connectivity index (χ1n) is 6.26. The van der Waals surface area contributed by atoms with Gasteiger partial charge in [0.2, 0.25) is 0 Å². The second kappa shape index (κ2) is 10.4. The molecule has 2 heteroatoms. The van der Waals surface area contributed by atoms with E-state index in [0.29, 0.717) is 9.52 Å². The maximum absolute atomic E-state index is 4.10. The summed E-state index contributed by atoms with van der Waals surface area (Å²) >= 11 is 0. The molecule has 100 valence electrons. The first kappa shape index (κ1) is 17.7. The molecule has 0 amide bonds. The monoisotopic (exact) mass is 316 g/mol. The summed E-state index contributed by atoms with van der Waals surface area (Å²) in [6.07, 6.45) is 18.3. The van der Waals surface area contributed by atoms with Gasteiger partial charge in [-0.05, 0) is 57.8 Å². The van der Waals surface area contributed by atoms with Crippen LogP contribution in [0.1, 0.15) is 0 Å². The van der Waals surface area contributed by atoms with Crippen LogP contribution in [-0.4, -0.2) is 9.52 Å². The first-order chi connectivity index (χ1) is 9.36. The van der Waals surface area contributed by atoms with Gasteiger partial charge in [-0.2, -0.15) is 0 Å². The molecule has 0 saturated heterocycles. The van der Waals surface area contributed by atoms with Crippen molar-refractivity contribution in [3.63, 3.8) is 0 Å². The minimum absolute atomic E-state index is 0. The van der Waals surface area contributed by atoms with Crippen LogP contribution < -0.4 is 5.19 Å². The van der Waals surface area contributed by atoms with Gasteiger partial charge in [-0.15, -0.1) is 6.58 Å². The molecule has 0 aliphatic heterocycles. The summed E-state index contributed by atoms with van der Waals surface area (Å²) in [5.74, 6) is 1.26. The molecule has 20 heavy (non-hydrogen) atoms. The van der Waals surface area contributed by atoms with Gasteiger partial charge in [-0.1, -0.05) is 40.7 Å². The van der Waals surface area contributed by atoms with E-state index in [4.69, 9.17) is 0 Å². The summed E-state index contributed by atoms with van der Waals surface area (Å²) in [5.41, 5.74) is 0. The van der Waals surface area contributed by atoms with E-state index in [9.17, 15) is 0 Å². The topological polar surface area (TPSA) is 0 Å². The fourth-order valence-electron chi connectivity index (χ4n) is 1.66. The van der Waals surface area contributed by atoms with E-state index in [0.717, 1.165) is 0 Å². The minimum atomic E-state index is 0. The van der Waals surface area contributed by atoms with E-state index in [-0.39, 0.29) is 17.1 Å². The molecule has 2 aliphatic rings. The zero-order valence-corrected chi connectivity index (χ0v) is 13.2. The standard InChI is InChI=1S/C13H11Si.C5H5.Fe/c1-11(12-7-5-6-8-12)14-13-9-3-2-4-10-13;1-2-4-5-3-1;/h2-10H,1H2;1-5H;. The Hall–Kier alpha value is -0.304. The summed E-state index contributed by atoms with van der Waals surface area (Å²) < 4.78 is 0. The molecule has 3 rings (SSSR count). The van der Waals surface area contributed by atoms with E-state index in [1.54, 1.807) is 0 Å². The molecule has 0 N–H and O–H groups in total. The third-order valence-electron chi connectivity index (χ3n) is 2.64. The Kier molecular flexibility index (Phi) is 9.25. The van der Waals surface area contributed by atoms with Crippen LogP contribution in [0.3, 0.4) is 0 Å². The van der Waals surface area contributed by atoms with Crippen molar-refractivity contribution >= 4 is 14.7 Å². The third-order valence-corrected chi connectivity index (χ3v) is 3.85. The molecule has 0 aromatic heterocycles. The quantitative estimate of drug-likeness (QED) is 0.752. The van der Waals surface area contributed by atoms with Gasteiger partial charge in [0.1, 0.15) is 9.52 Å². The number of rotatable bonds is 3. The number of hydrogen-bond acceptors (Lipinski definition) is 0. The van der Waals surface area contributed by atoms with Gasteiger partial charge in [0, 0.05) is 23.0 Å². The van der Waals surface area contributed by atoms with E-state index in [1.165, 1.54) is 16.3 Å². The minimum Gasteiger partial charge on any atom is -0.103 e. The van der Waals surface area contributed by atoms with Crippen molar-refractivity contribution < 1.29 is 17.1 Å². The van der Waals surface area contributed by atoms with Gasteiger partial charge in [0.15, 0.2) is 0 Å². The molecular formula is C18H16FeSi. The molecule has 1 aromatic carbocycles. The van der Waals surface area contributed by atoms with Crippen LogP contribution in [0.15, 0.2) is 42.1 Å². The molecule has 0 unspecified atom stereocenters. The van der Waals surface area contributed by atoms with Crippen LogP contribution in [0, 0.1) is 63.7 Å². The zero-order chi connectivity index (χ0) is 13.3. The van der Waals surface area contributed by atoms with Crippen LogP contribution in [-0.2, 0) is 17.1 Å². The van der Waals surface area contributed by atoms with Crippen molar-refractivity contribution in [2.75, 3.05) is 0 Å². The summed E-state index contributed by atoms with van der Waals surface area (Å²) in [4.78, 5) is 0. The number of benzene rings is 1. The Labute approximate surface area is 137 Å². The van der Waals surface area contributed by atoms with Crippen molar-refractivity contribution in [1.82, 2.24) is 0 Å². The van der Waals surface area contributed by atoms with E-state index in [2.05, 4.69) is 56.5 Å². The molecule has 2 aliphatic carbocycles. The van der Waals surface area contributed by atoms with E-state index >= 15 is 0 Å². The number of hydrogen-bond donors (Lipinski definition) is 0. The van der Waals surface area contributed by atoms with Crippen molar-refractivity contribution in [3.05, 3.63) is 106 Å². The third kappa shape index (κ3) is 6.43. The second-order valence-corrected chi connectivity index (χ2v) is 5.54. The fraction of sp³-hybridized carbons (Fsp3) is 0. The maximum Gasteiger partial charge on any atom is 0.115 e. The molecule has 0 heterocycles. The molecular weight excluding hydrogens is 300 g/mol. The summed E-state index contributed by atoms with van der Waals surface area (Å²) in [6, 6.07) is 10.5. The van der Waals surface area contributed by atoms with Crippen LogP contribution >= 0.6 is 0 Å². The molecule has 12 radical (unpaired) electrons. The average Bonchev–Trinajstić information content (AvgIpc) is 3.16. The Bertz CT molecular complexity index is 357. The fourth-order valence-corrected chi connectivity index (χ4v) is 2.68. The summed E-state index contributed by atoms with van der Waals surface area (Å²) in [7, 11) is 0.678. The average molecular weight is 316 g/mol. The summed E-state index contributed by atoms with van der Waals surface area (Å²) in [6.45, 7) is 4.10. The van der Waals surface area contributed by atoms with Gasteiger partial charge in [-0.25, -0.2) is 0 Å². The maximum atomic E-state index is 4.10. The predicted molar refractivity (Wildman–Crippen MR) is 82.9 cm³/mol. The van der Waals surface area contributed by atoms with Gasteiger partial charge >= 0.3 is 0 Å². The first-order valence-corrected chi connectivity index (χ1v) is 7.26.